The molecule has 0 aliphatic heterocycles. The van der Waals surface area contributed by atoms with Crippen LogP contribution in [0.5, 0.6) is 0 Å². The Bertz CT molecular complexity index is 626. The molecule has 0 radical (unpaired) electrons. The Morgan fingerprint density at radius 1 is 0.462 bits per heavy atom. The van der Waals surface area contributed by atoms with E-state index < -0.39 is 0 Å². The fraction of sp³-hybridized carbons (Fsp3) is 0.833. The smallest absolute Gasteiger partial charge is 0.162 e. The van der Waals surface area contributed by atoms with Crippen molar-refractivity contribution in [1.82, 2.24) is 0 Å². The van der Waals surface area contributed by atoms with Gasteiger partial charge in [0.25, 0.3) is 0 Å². The molecule has 2 nitrogen and oxygen atoms in total. The van der Waals surface area contributed by atoms with Crippen molar-refractivity contribution in [2.45, 2.75) is 77.0 Å². The Labute approximate surface area is 157 Å². The molecule has 26 heavy (non-hydrogen) atoms. The van der Waals surface area contributed by atoms with Crippen LogP contribution in [-0.2, 0) is 9.59 Å². The molecule has 2 heteroatoms. The molecule has 0 saturated heterocycles. The quantitative estimate of drug-likeness (QED) is 0.568. The van der Waals surface area contributed by atoms with Gasteiger partial charge in [-0.05, 0) is 61.2 Å². The SMILES string of the molecule is O=C1C(=C2C(=O)C3CCCC4CCCC2C43)C2CCCC3CCCC1C32. The van der Waals surface area contributed by atoms with Gasteiger partial charge in [-0.1, -0.05) is 51.4 Å². The van der Waals surface area contributed by atoms with E-state index in [1.807, 2.05) is 0 Å². The number of ketones is 2. The molecule has 140 valence electrons. The molecular weight excluding hydrogens is 320 g/mol. The van der Waals surface area contributed by atoms with Crippen molar-refractivity contribution in [3.8, 4) is 0 Å². The maximum atomic E-state index is 13.6. The molecule has 8 unspecified atom stereocenters. The predicted octanol–water partition coefficient (Wildman–Crippen LogP) is 5.11. The van der Waals surface area contributed by atoms with Crippen molar-refractivity contribution >= 4 is 11.6 Å². The highest BCUT2D eigenvalue weighted by Gasteiger charge is 2.58. The standard InChI is InChI=1S/C24H32O2/c25-23-17-11-3-7-13-5-1-9-15(19(13)17)21(23)22-16-10-2-6-14-8-4-12-18(20(14)16)24(22)26/h13-20H,1-12H2. The molecule has 0 spiro atoms. The summed E-state index contributed by atoms with van der Waals surface area (Å²) in [4.78, 5) is 27.1. The van der Waals surface area contributed by atoms with Gasteiger partial charge < -0.3 is 0 Å². The monoisotopic (exact) mass is 352 g/mol. The summed E-state index contributed by atoms with van der Waals surface area (Å²) >= 11 is 0. The first-order valence-electron chi connectivity index (χ1n) is 11.6. The van der Waals surface area contributed by atoms with Crippen LogP contribution >= 0.6 is 0 Å². The van der Waals surface area contributed by atoms with Crippen molar-refractivity contribution in [2.24, 2.45) is 47.3 Å². The first kappa shape index (κ1) is 16.1. The first-order valence-corrected chi connectivity index (χ1v) is 11.6. The van der Waals surface area contributed by atoms with E-state index in [1.165, 1.54) is 64.2 Å². The van der Waals surface area contributed by atoms with Gasteiger partial charge in [-0.15, -0.1) is 0 Å². The zero-order valence-corrected chi connectivity index (χ0v) is 15.9. The average Bonchev–Trinajstić information content (AvgIpc) is 3.11. The van der Waals surface area contributed by atoms with Gasteiger partial charge in [0.15, 0.2) is 11.6 Å². The second-order valence-corrected chi connectivity index (χ2v) is 10.4. The van der Waals surface area contributed by atoms with Gasteiger partial charge in [0.2, 0.25) is 0 Å². The highest BCUT2D eigenvalue weighted by Crippen LogP contribution is 2.61. The summed E-state index contributed by atoms with van der Waals surface area (Å²) in [5.41, 5.74) is 2.22. The summed E-state index contributed by atoms with van der Waals surface area (Å²) in [7, 11) is 0. The summed E-state index contributed by atoms with van der Waals surface area (Å²) in [5.74, 6) is 5.07. The summed E-state index contributed by atoms with van der Waals surface area (Å²) in [6.07, 6.45) is 14.9. The van der Waals surface area contributed by atoms with Crippen LogP contribution in [0.25, 0.3) is 0 Å². The molecule has 6 rings (SSSR count). The first-order chi connectivity index (χ1) is 12.8. The molecule has 0 bridgehead atoms. The third-order valence-electron chi connectivity index (χ3n) is 9.54. The lowest BCUT2D eigenvalue weighted by Crippen LogP contribution is -2.33. The number of hydrogen-bond acceptors (Lipinski definition) is 2. The van der Waals surface area contributed by atoms with Crippen molar-refractivity contribution in [3.63, 3.8) is 0 Å². The molecule has 8 atom stereocenters. The lowest BCUT2D eigenvalue weighted by atomic mass is 9.63. The second-order valence-electron chi connectivity index (χ2n) is 10.4. The van der Waals surface area contributed by atoms with Gasteiger partial charge in [-0.3, -0.25) is 9.59 Å². The van der Waals surface area contributed by atoms with Gasteiger partial charge in [-0.2, -0.15) is 0 Å². The Kier molecular flexibility index (Phi) is 3.58. The lowest BCUT2D eigenvalue weighted by molar-refractivity contribution is -0.122. The van der Waals surface area contributed by atoms with E-state index in [2.05, 4.69) is 0 Å². The zero-order valence-electron chi connectivity index (χ0n) is 15.9. The number of carbonyl (C=O) groups excluding carboxylic acids is 2. The minimum atomic E-state index is 0.274. The number of Topliss-reactive ketones (excluding diaryl/α,β-unsaturated/α-hetero) is 2. The molecule has 6 saturated carbocycles. The predicted molar refractivity (Wildman–Crippen MR) is 100 cm³/mol. The molecule has 0 N–H and O–H groups in total. The number of allylic oxidation sites excluding steroid dienone is 2. The molecule has 6 aliphatic rings. The highest BCUT2D eigenvalue weighted by molar-refractivity contribution is 6.11. The van der Waals surface area contributed by atoms with E-state index in [1.54, 1.807) is 0 Å². The molecule has 0 amide bonds. The molecule has 6 aliphatic carbocycles. The van der Waals surface area contributed by atoms with Crippen LogP contribution in [0.4, 0.5) is 0 Å². The number of carbonyl (C=O) groups is 2. The lowest BCUT2D eigenvalue weighted by Gasteiger charge is -2.40. The van der Waals surface area contributed by atoms with Crippen molar-refractivity contribution in [2.75, 3.05) is 0 Å². The summed E-state index contributed by atoms with van der Waals surface area (Å²) in [6, 6.07) is 0. The maximum absolute atomic E-state index is 13.6. The van der Waals surface area contributed by atoms with E-state index in [0.717, 1.165) is 35.8 Å². The fourth-order valence-corrected chi connectivity index (χ4v) is 8.82. The minimum Gasteiger partial charge on any atom is -0.294 e. The van der Waals surface area contributed by atoms with Crippen LogP contribution in [0, 0.1) is 47.3 Å². The van der Waals surface area contributed by atoms with Gasteiger partial charge in [0.05, 0.1) is 0 Å². The molecule has 6 fully saturated rings. The van der Waals surface area contributed by atoms with Crippen LogP contribution in [0.2, 0.25) is 0 Å². The van der Waals surface area contributed by atoms with Crippen molar-refractivity contribution in [3.05, 3.63) is 11.1 Å². The molecule has 0 aromatic rings. The van der Waals surface area contributed by atoms with Crippen molar-refractivity contribution in [1.29, 1.82) is 0 Å². The van der Waals surface area contributed by atoms with Gasteiger partial charge in [0.1, 0.15) is 0 Å². The van der Waals surface area contributed by atoms with Gasteiger partial charge in [-0.25, -0.2) is 0 Å². The summed E-state index contributed by atoms with van der Waals surface area (Å²) in [5, 5.41) is 0. The Morgan fingerprint density at radius 3 is 1.19 bits per heavy atom. The van der Waals surface area contributed by atoms with Crippen LogP contribution < -0.4 is 0 Å². The van der Waals surface area contributed by atoms with E-state index >= 15 is 0 Å². The van der Waals surface area contributed by atoms with Crippen LogP contribution in [0.1, 0.15) is 77.0 Å². The maximum Gasteiger partial charge on any atom is 0.162 e. The van der Waals surface area contributed by atoms with E-state index in [-0.39, 0.29) is 11.8 Å². The number of hydrogen-bond donors (Lipinski definition) is 0. The van der Waals surface area contributed by atoms with E-state index in [0.29, 0.717) is 35.2 Å². The summed E-state index contributed by atoms with van der Waals surface area (Å²) < 4.78 is 0. The Balaban J connectivity index is 1.48. The second kappa shape index (κ2) is 5.79. The minimum absolute atomic E-state index is 0.274. The molecule has 0 aromatic carbocycles. The van der Waals surface area contributed by atoms with E-state index in [4.69, 9.17) is 0 Å². The number of rotatable bonds is 0. The summed E-state index contributed by atoms with van der Waals surface area (Å²) in [6.45, 7) is 0. The molecular formula is C24H32O2. The largest absolute Gasteiger partial charge is 0.294 e. The third kappa shape index (κ3) is 2.00. The average molecular weight is 353 g/mol. The normalized spacial score (nSPS) is 52.8. The topological polar surface area (TPSA) is 34.1 Å². The Hall–Kier alpha value is -0.920. The van der Waals surface area contributed by atoms with Crippen LogP contribution in [0.15, 0.2) is 11.1 Å². The van der Waals surface area contributed by atoms with Crippen molar-refractivity contribution < 1.29 is 9.59 Å². The van der Waals surface area contributed by atoms with Crippen LogP contribution in [-0.4, -0.2) is 11.6 Å². The van der Waals surface area contributed by atoms with Gasteiger partial charge >= 0.3 is 0 Å². The Morgan fingerprint density at radius 2 is 0.808 bits per heavy atom. The van der Waals surface area contributed by atoms with E-state index in [9.17, 15) is 9.59 Å². The highest BCUT2D eigenvalue weighted by atomic mass is 16.1. The molecule has 0 heterocycles. The van der Waals surface area contributed by atoms with Gasteiger partial charge in [0, 0.05) is 23.0 Å². The fourth-order valence-electron chi connectivity index (χ4n) is 8.82. The molecule has 0 aromatic heterocycles. The third-order valence-corrected chi connectivity index (χ3v) is 9.54. The van der Waals surface area contributed by atoms with Crippen LogP contribution in [0.3, 0.4) is 0 Å². The zero-order chi connectivity index (χ0) is 17.4.